The molecule has 6 nitrogen and oxygen atoms in total. The van der Waals surface area contributed by atoms with Crippen LogP contribution in [-0.2, 0) is 0 Å². The lowest BCUT2D eigenvalue weighted by atomic mass is 10.2. The Balaban J connectivity index is 1.65. The first kappa shape index (κ1) is 18.7. The van der Waals surface area contributed by atoms with Crippen LogP contribution >= 0.6 is 23.2 Å². The highest BCUT2D eigenvalue weighted by Gasteiger charge is 2.14. The van der Waals surface area contributed by atoms with Crippen molar-refractivity contribution < 1.29 is 14.3 Å². The Bertz CT molecular complexity index is 981. The molecule has 0 bridgehead atoms. The van der Waals surface area contributed by atoms with Gasteiger partial charge in [0, 0.05) is 18.0 Å². The highest BCUT2D eigenvalue weighted by Crippen LogP contribution is 2.25. The summed E-state index contributed by atoms with van der Waals surface area (Å²) in [6.07, 6.45) is 3.20. The second-order valence-electron chi connectivity index (χ2n) is 5.32. The summed E-state index contributed by atoms with van der Waals surface area (Å²) in [7, 11) is 0. The zero-order valence-electron chi connectivity index (χ0n) is 13.8. The van der Waals surface area contributed by atoms with Crippen LogP contribution in [-0.4, -0.2) is 16.8 Å². The van der Waals surface area contributed by atoms with Gasteiger partial charge in [0.2, 0.25) is 0 Å². The summed E-state index contributed by atoms with van der Waals surface area (Å²) < 4.78 is 5.65. The molecule has 136 valence electrons. The molecule has 2 N–H and O–H groups in total. The second-order valence-corrected chi connectivity index (χ2v) is 6.11. The van der Waals surface area contributed by atoms with Crippen molar-refractivity contribution in [2.75, 3.05) is 0 Å². The number of hydrogen-bond acceptors (Lipinski definition) is 4. The number of hydrogen-bond donors (Lipinski definition) is 2. The summed E-state index contributed by atoms with van der Waals surface area (Å²) in [5.74, 6) is -0.0359. The molecule has 0 aliphatic rings. The molecule has 0 spiro atoms. The lowest BCUT2D eigenvalue weighted by Gasteiger charge is -2.10. The molecule has 2 aromatic carbocycles. The molecule has 0 aliphatic carbocycles. The van der Waals surface area contributed by atoms with E-state index in [0.717, 1.165) is 0 Å². The van der Waals surface area contributed by atoms with Crippen LogP contribution < -0.4 is 15.6 Å². The molecule has 0 saturated heterocycles. The van der Waals surface area contributed by atoms with E-state index >= 15 is 0 Å². The molecule has 0 unspecified atom stereocenters. The summed E-state index contributed by atoms with van der Waals surface area (Å²) in [5.41, 5.74) is 5.09. The Morgan fingerprint density at radius 2 is 1.56 bits per heavy atom. The topological polar surface area (TPSA) is 80.3 Å². The van der Waals surface area contributed by atoms with Crippen molar-refractivity contribution in [3.8, 4) is 11.5 Å². The Kier molecular flexibility index (Phi) is 5.90. The zero-order chi connectivity index (χ0) is 19.2. The number of amides is 2. The van der Waals surface area contributed by atoms with Gasteiger partial charge in [-0.15, -0.1) is 0 Å². The summed E-state index contributed by atoms with van der Waals surface area (Å²) in [6.45, 7) is 0. The van der Waals surface area contributed by atoms with Crippen LogP contribution in [0.25, 0.3) is 0 Å². The molecule has 27 heavy (non-hydrogen) atoms. The van der Waals surface area contributed by atoms with E-state index in [1.54, 1.807) is 60.9 Å². The standard InChI is InChI=1S/C19H13Cl2N3O3/c20-16-6-2-5-15(17(16)21)19(26)24-23-18(25)12-3-1-4-14(11-12)27-13-7-9-22-10-8-13/h1-11H,(H,23,25)(H,24,26). The molecular formula is C19H13Cl2N3O3. The van der Waals surface area contributed by atoms with E-state index in [2.05, 4.69) is 15.8 Å². The monoisotopic (exact) mass is 401 g/mol. The normalized spacial score (nSPS) is 10.1. The summed E-state index contributed by atoms with van der Waals surface area (Å²) in [4.78, 5) is 28.4. The summed E-state index contributed by atoms with van der Waals surface area (Å²) in [6, 6.07) is 14.6. The number of pyridine rings is 1. The quantitative estimate of drug-likeness (QED) is 0.640. The molecule has 0 aliphatic heterocycles. The third kappa shape index (κ3) is 4.75. The third-order valence-electron chi connectivity index (χ3n) is 3.47. The van der Waals surface area contributed by atoms with Crippen LogP contribution in [0.15, 0.2) is 67.0 Å². The van der Waals surface area contributed by atoms with E-state index < -0.39 is 11.8 Å². The lowest BCUT2D eigenvalue weighted by Crippen LogP contribution is -2.41. The Morgan fingerprint density at radius 3 is 2.33 bits per heavy atom. The van der Waals surface area contributed by atoms with Crippen molar-refractivity contribution in [2.24, 2.45) is 0 Å². The number of hydrazine groups is 1. The number of benzene rings is 2. The van der Waals surface area contributed by atoms with Crippen molar-refractivity contribution in [3.63, 3.8) is 0 Å². The fourth-order valence-corrected chi connectivity index (χ4v) is 2.56. The number of carbonyl (C=O) groups excluding carboxylic acids is 2. The molecule has 8 heteroatoms. The van der Waals surface area contributed by atoms with E-state index in [1.165, 1.54) is 6.07 Å². The summed E-state index contributed by atoms with van der Waals surface area (Å²) >= 11 is 11.9. The van der Waals surface area contributed by atoms with Crippen LogP contribution in [0, 0.1) is 0 Å². The van der Waals surface area contributed by atoms with E-state index in [0.29, 0.717) is 17.1 Å². The van der Waals surface area contributed by atoms with Gasteiger partial charge in [0.15, 0.2) is 0 Å². The van der Waals surface area contributed by atoms with Gasteiger partial charge in [-0.2, -0.15) is 0 Å². The van der Waals surface area contributed by atoms with Gasteiger partial charge in [0.1, 0.15) is 11.5 Å². The molecule has 2 amide bonds. The van der Waals surface area contributed by atoms with Gasteiger partial charge in [0.25, 0.3) is 11.8 Å². The highest BCUT2D eigenvalue weighted by atomic mass is 35.5. The van der Waals surface area contributed by atoms with Crippen LogP contribution in [0.3, 0.4) is 0 Å². The maximum atomic E-state index is 12.3. The zero-order valence-corrected chi connectivity index (χ0v) is 15.3. The van der Waals surface area contributed by atoms with Gasteiger partial charge in [0.05, 0.1) is 15.6 Å². The smallest absolute Gasteiger partial charge is 0.271 e. The second kappa shape index (κ2) is 8.53. The van der Waals surface area contributed by atoms with Crippen molar-refractivity contribution >= 4 is 35.0 Å². The van der Waals surface area contributed by atoms with E-state index in [1.807, 2.05) is 0 Å². The van der Waals surface area contributed by atoms with Gasteiger partial charge < -0.3 is 4.74 Å². The first-order valence-corrected chi connectivity index (χ1v) is 8.53. The number of halogens is 2. The predicted octanol–water partition coefficient (Wildman–Crippen LogP) is 4.26. The van der Waals surface area contributed by atoms with E-state index in [4.69, 9.17) is 27.9 Å². The molecule has 0 saturated carbocycles. The number of rotatable bonds is 4. The minimum Gasteiger partial charge on any atom is -0.457 e. The average molecular weight is 402 g/mol. The molecule has 1 heterocycles. The van der Waals surface area contributed by atoms with Crippen LogP contribution in [0.4, 0.5) is 0 Å². The molecule has 0 radical (unpaired) electrons. The predicted molar refractivity (Wildman–Crippen MR) is 102 cm³/mol. The molecule has 1 aromatic heterocycles. The molecule has 3 aromatic rings. The van der Waals surface area contributed by atoms with Crippen molar-refractivity contribution in [1.82, 2.24) is 15.8 Å². The molecule has 0 atom stereocenters. The summed E-state index contributed by atoms with van der Waals surface area (Å²) in [5, 5.41) is 0.357. The lowest BCUT2D eigenvalue weighted by molar-refractivity contribution is 0.0846. The first-order chi connectivity index (χ1) is 13.0. The number of nitrogens with zero attached hydrogens (tertiary/aromatic N) is 1. The number of ether oxygens (including phenoxy) is 1. The van der Waals surface area contributed by atoms with Gasteiger partial charge >= 0.3 is 0 Å². The minimum absolute atomic E-state index is 0.110. The SMILES string of the molecule is O=C(NNC(=O)c1cccc(Cl)c1Cl)c1cccc(Oc2ccncc2)c1. The molecular weight excluding hydrogens is 389 g/mol. The van der Waals surface area contributed by atoms with Crippen molar-refractivity contribution in [3.05, 3.63) is 88.2 Å². The van der Waals surface area contributed by atoms with Crippen molar-refractivity contribution in [1.29, 1.82) is 0 Å². The molecule has 3 rings (SSSR count). The maximum absolute atomic E-state index is 12.3. The maximum Gasteiger partial charge on any atom is 0.271 e. The average Bonchev–Trinajstić information content (AvgIpc) is 2.69. The Hall–Kier alpha value is -3.09. The van der Waals surface area contributed by atoms with Gasteiger partial charge in [-0.1, -0.05) is 35.3 Å². The first-order valence-electron chi connectivity index (χ1n) is 7.77. The Morgan fingerprint density at radius 1 is 0.852 bits per heavy atom. The highest BCUT2D eigenvalue weighted by molar-refractivity contribution is 6.43. The van der Waals surface area contributed by atoms with Gasteiger partial charge in [-0.05, 0) is 42.5 Å². The van der Waals surface area contributed by atoms with E-state index in [9.17, 15) is 9.59 Å². The minimum atomic E-state index is -0.583. The van der Waals surface area contributed by atoms with E-state index in [-0.39, 0.29) is 15.6 Å². The number of aromatic nitrogens is 1. The molecule has 0 fully saturated rings. The van der Waals surface area contributed by atoms with Gasteiger partial charge in [-0.3, -0.25) is 25.4 Å². The fraction of sp³-hybridized carbons (Fsp3) is 0. The van der Waals surface area contributed by atoms with Gasteiger partial charge in [-0.25, -0.2) is 0 Å². The number of nitrogens with one attached hydrogen (secondary N) is 2. The Labute approximate surface area is 165 Å². The number of carbonyl (C=O) groups is 2. The van der Waals surface area contributed by atoms with Crippen molar-refractivity contribution in [2.45, 2.75) is 0 Å². The largest absolute Gasteiger partial charge is 0.457 e. The van der Waals surface area contributed by atoms with Crippen LogP contribution in [0.5, 0.6) is 11.5 Å². The fourth-order valence-electron chi connectivity index (χ4n) is 2.18. The van der Waals surface area contributed by atoms with Crippen LogP contribution in [0.2, 0.25) is 10.0 Å². The van der Waals surface area contributed by atoms with Crippen LogP contribution in [0.1, 0.15) is 20.7 Å². The third-order valence-corrected chi connectivity index (χ3v) is 4.29.